The van der Waals surface area contributed by atoms with E-state index in [1.165, 1.54) is 6.07 Å². The molecule has 108 valence electrons. The van der Waals surface area contributed by atoms with E-state index in [9.17, 15) is 14.9 Å². The Morgan fingerprint density at radius 2 is 2.20 bits per heavy atom. The van der Waals surface area contributed by atoms with Gasteiger partial charge >= 0.3 is 0 Å². The van der Waals surface area contributed by atoms with Crippen LogP contribution in [0.1, 0.15) is 35.7 Å². The van der Waals surface area contributed by atoms with Crippen LogP contribution < -0.4 is 11.1 Å². The normalized spacial score (nSPS) is 17.4. The Kier molecular flexibility index (Phi) is 3.76. The van der Waals surface area contributed by atoms with E-state index >= 15 is 0 Å². The van der Waals surface area contributed by atoms with E-state index in [4.69, 9.17) is 5.73 Å². The fraction of sp³-hybridized carbons (Fsp3) is 0.500. The summed E-state index contributed by atoms with van der Waals surface area (Å²) < 4.78 is 0. The molecule has 6 heteroatoms. The Bertz CT molecular complexity index is 555. The number of nitrogens with two attached hydrogens (primary N) is 1. The zero-order chi connectivity index (χ0) is 14.9. The van der Waals surface area contributed by atoms with Crippen LogP contribution in [-0.2, 0) is 0 Å². The first-order valence-electron chi connectivity index (χ1n) is 6.65. The number of nitro benzene ring substituents is 1. The number of aryl methyl sites for hydroxylation is 1. The van der Waals surface area contributed by atoms with Gasteiger partial charge in [0.2, 0.25) is 0 Å². The number of carbonyl (C=O) groups is 1. The fourth-order valence-corrected chi connectivity index (χ4v) is 2.32. The van der Waals surface area contributed by atoms with E-state index in [0.717, 1.165) is 12.8 Å². The molecule has 1 aliphatic carbocycles. The molecule has 1 aliphatic rings. The molecule has 1 amide bonds. The standard InChI is InChI=1S/C14H19N3O3/c1-9-3-4-10(7-12(9)17(19)20)13(18)16-14(2,8-15)11-5-6-11/h3-4,7,11H,5-6,8,15H2,1-2H3,(H,16,18). The number of hydrogen-bond acceptors (Lipinski definition) is 4. The summed E-state index contributed by atoms with van der Waals surface area (Å²) >= 11 is 0. The molecule has 2 rings (SSSR count). The molecule has 0 radical (unpaired) electrons. The monoisotopic (exact) mass is 277 g/mol. The van der Waals surface area contributed by atoms with Crippen LogP contribution in [-0.4, -0.2) is 22.9 Å². The van der Waals surface area contributed by atoms with Crippen molar-refractivity contribution in [2.75, 3.05) is 6.54 Å². The van der Waals surface area contributed by atoms with E-state index in [1.54, 1.807) is 19.1 Å². The highest BCUT2D eigenvalue weighted by Gasteiger charge is 2.41. The highest BCUT2D eigenvalue weighted by Crippen LogP contribution is 2.39. The van der Waals surface area contributed by atoms with Crippen LogP contribution in [0.25, 0.3) is 0 Å². The highest BCUT2D eigenvalue weighted by atomic mass is 16.6. The molecule has 0 saturated heterocycles. The topological polar surface area (TPSA) is 98.3 Å². The minimum Gasteiger partial charge on any atom is -0.345 e. The maximum Gasteiger partial charge on any atom is 0.273 e. The number of nitro groups is 1. The molecule has 6 nitrogen and oxygen atoms in total. The summed E-state index contributed by atoms with van der Waals surface area (Å²) in [7, 11) is 0. The molecule has 1 saturated carbocycles. The van der Waals surface area contributed by atoms with Gasteiger partial charge in [-0.3, -0.25) is 14.9 Å². The first-order chi connectivity index (χ1) is 9.37. The number of benzene rings is 1. The number of nitrogens with zero attached hydrogens (tertiary/aromatic N) is 1. The zero-order valence-electron chi connectivity index (χ0n) is 11.7. The maximum absolute atomic E-state index is 12.2. The minimum atomic E-state index is -0.477. The predicted octanol–water partition coefficient (Wildman–Crippen LogP) is 1.76. The number of hydrogen-bond donors (Lipinski definition) is 2. The van der Waals surface area contributed by atoms with Gasteiger partial charge in [0.15, 0.2) is 0 Å². The maximum atomic E-state index is 12.2. The summed E-state index contributed by atoms with van der Waals surface area (Å²) in [6, 6.07) is 4.50. The lowest BCUT2D eigenvalue weighted by Crippen LogP contribution is -2.53. The van der Waals surface area contributed by atoms with Gasteiger partial charge in [-0.2, -0.15) is 0 Å². The summed E-state index contributed by atoms with van der Waals surface area (Å²) in [5.41, 5.74) is 6.11. The van der Waals surface area contributed by atoms with Crippen molar-refractivity contribution in [3.05, 3.63) is 39.4 Å². The van der Waals surface area contributed by atoms with Gasteiger partial charge in [0.1, 0.15) is 0 Å². The van der Waals surface area contributed by atoms with Gasteiger partial charge in [-0.1, -0.05) is 6.07 Å². The van der Waals surface area contributed by atoms with Crippen LogP contribution in [0.3, 0.4) is 0 Å². The summed E-state index contributed by atoms with van der Waals surface area (Å²) in [5, 5.41) is 13.8. The lowest BCUT2D eigenvalue weighted by molar-refractivity contribution is -0.385. The second-order valence-electron chi connectivity index (χ2n) is 5.61. The minimum absolute atomic E-state index is 0.0430. The van der Waals surface area contributed by atoms with Crippen LogP contribution in [0.15, 0.2) is 18.2 Å². The van der Waals surface area contributed by atoms with Crippen molar-refractivity contribution >= 4 is 11.6 Å². The van der Waals surface area contributed by atoms with Crippen molar-refractivity contribution in [2.24, 2.45) is 11.7 Å². The van der Waals surface area contributed by atoms with Crippen LogP contribution in [0.4, 0.5) is 5.69 Å². The molecule has 1 atom stereocenters. The SMILES string of the molecule is Cc1ccc(C(=O)NC(C)(CN)C2CC2)cc1[N+](=O)[O-]. The van der Waals surface area contributed by atoms with Crippen LogP contribution in [0, 0.1) is 23.0 Å². The van der Waals surface area contributed by atoms with Crippen molar-refractivity contribution in [3.63, 3.8) is 0 Å². The van der Waals surface area contributed by atoms with Gasteiger partial charge < -0.3 is 11.1 Å². The Balaban J connectivity index is 2.21. The largest absolute Gasteiger partial charge is 0.345 e. The Morgan fingerprint density at radius 3 is 2.70 bits per heavy atom. The lowest BCUT2D eigenvalue weighted by Gasteiger charge is -2.29. The number of amides is 1. The van der Waals surface area contributed by atoms with E-state index in [-0.39, 0.29) is 11.6 Å². The van der Waals surface area contributed by atoms with Crippen molar-refractivity contribution in [1.29, 1.82) is 0 Å². The molecule has 0 aromatic heterocycles. The summed E-state index contributed by atoms with van der Waals surface area (Å²) in [6.07, 6.45) is 2.12. The first kappa shape index (κ1) is 14.5. The van der Waals surface area contributed by atoms with Gasteiger partial charge in [0, 0.05) is 23.7 Å². The molecule has 0 aliphatic heterocycles. The smallest absolute Gasteiger partial charge is 0.273 e. The van der Waals surface area contributed by atoms with Crippen molar-refractivity contribution in [3.8, 4) is 0 Å². The van der Waals surface area contributed by atoms with Gasteiger partial charge in [0.25, 0.3) is 11.6 Å². The molecule has 1 aromatic rings. The van der Waals surface area contributed by atoms with Crippen molar-refractivity contribution in [1.82, 2.24) is 5.32 Å². The third-order valence-electron chi connectivity index (χ3n) is 3.97. The first-order valence-corrected chi connectivity index (χ1v) is 6.65. The molecule has 1 unspecified atom stereocenters. The lowest BCUT2D eigenvalue weighted by atomic mass is 9.95. The molecule has 0 heterocycles. The molecule has 3 N–H and O–H groups in total. The Labute approximate surface area is 117 Å². The summed E-state index contributed by atoms with van der Waals surface area (Å²) in [6.45, 7) is 3.93. The fourth-order valence-electron chi connectivity index (χ4n) is 2.32. The molecular weight excluding hydrogens is 258 g/mol. The van der Waals surface area contributed by atoms with Gasteiger partial charge in [-0.25, -0.2) is 0 Å². The van der Waals surface area contributed by atoms with E-state index < -0.39 is 10.5 Å². The van der Waals surface area contributed by atoms with Gasteiger partial charge in [-0.15, -0.1) is 0 Å². The van der Waals surface area contributed by atoms with Crippen molar-refractivity contribution < 1.29 is 9.72 Å². The van der Waals surface area contributed by atoms with E-state index in [1.807, 2.05) is 6.92 Å². The third-order valence-corrected chi connectivity index (χ3v) is 3.97. The van der Waals surface area contributed by atoms with Crippen LogP contribution >= 0.6 is 0 Å². The second kappa shape index (κ2) is 5.20. The Morgan fingerprint density at radius 1 is 1.55 bits per heavy atom. The average Bonchev–Trinajstić information content (AvgIpc) is 3.23. The summed E-state index contributed by atoms with van der Waals surface area (Å²) in [4.78, 5) is 22.7. The number of nitrogens with one attached hydrogen (secondary N) is 1. The number of carbonyl (C=O) groups excluding carboxylic acids is 1. The van der Waals surface area contributed by atoms with Crippen LogP contribution in [0.5, 0.6) is 0 Å². The van der Waals surface area contributed by atoms with E-state index in [0.29, 0.717) is 23.6 Å². The molecule has 1 fully saturated rings. The van der Waals surface area contributed by atoms with E-state index in [2.05, 4.69) is 5.32 Å². The van der Waals surface area contributed by atoms with Gasteiger partial charge in [0.05, 0.1) is 10.5 Å². The molecule has 0 spiro atoms. The Hall–Kier alpha value is -1.95. The highest BCUT2D eigenvalue weighted by molar-refractivity contribution is 5.95. The quantitative estimate of drug-likeness (QED) is 0.633. The third kappa shape index (κ3) is 2.80. The average molecular weight is 277 g/mol. The van der Waals surface area contributed by atoms with Crippen LogP contribution in [0.2, 0.25) is 0 Å². The zero-order valence-corrected chi connectivity index (χ0v) is 11.7. The predicted molar refractivity (Wildman–Crippen MR) is 75.5 cm³/mol. The second-order valence-corrected chi connectivity index (χ2v) is 5.61. The van der Waals surface area contributed by atoms with Crippen molar-refractivity contribution in [2.45, 2.75) is 32.2 Å². The molecule has 20 heavy (non-hydrogen) atoms. The molecule has 1 aromatic carbocycles. The van der Waals surface area contributed by atoms with Gasteiger partial charge in [-0.05, 0) is 38.7 Å². The molecular formula is C14H19N3O3. The summed E-state index contributed by atoms with van der Waals surface area (Å²) in [5.74, 6) is 0.0878. The molecule has 0 bridgehead atoms. The number of rotatable bonds is 5.